The van der Waals surface area contributed by atoms with Gasteiger partial charge in [-0.05, 0) is 56.2 Å². The number of nitro groups is 1. The van der Waals surface area contributed by atoms with Gasteiger partial charge in [0.25, 0.3) is 5.69 Å². The largest absolute Gasteiger partial charge is 0.466 e. The number of aromatic nitrogens is 1. The summed E-state index contributed by atoms with van der Waals surface area (Å²) in [5.41, 5.74) is 1.05. The smallest absolute Gasteiger partial charge is 0.306 e. The molecule has 0 spiro atoms. The summed E-state index contributed by atoms with van der Waals surface area (Å²) in [7, 11) is 0. The molecule has 1 aliphatic rings. The topological polar surface area (TPSA) is 82.3 Å². The Balaban J connectivity index is 1.59. The van der Waals surface area contributed by atoms with E-state index < -0.39 is 4.92 Å². The number of carbonyl (C=O) groups excluding carboxylic acids is 1. The first kappa shape index (κ1) is 18.5. The van der Waals surface area contributed by atoms with Crippen LogP contribution in [0.2, 0.25) is 0 Å². The summed E-state index contributed by atoms with van der Waals surface area (Å²) < 4.78 is 5.04. The fraction of sp³-hybridized carbons (Fsp3) is 0.474. The van der Waals surface area contributed by atoms with Crippen LogP contribution in [0.25, 0.3) is 10.4 Å². The molecule has 1 aliphatic carbocycles. The molecule has 2 aromatic rings. The first-order valence-corrected chi connectivity index (χ1v) is 9.74. The Labute approximate surface area is 156 Å². The fourth-order valence-electron chi connectivity index (χ4n) is 3.43. The van der Waals surface area contributed by atoms with E-state index in [0.29, 0.717) is 24.9 Å². The van der Waals surface area contributed by atoms with Crippen molar-refractivity contribution in [3.05, 3.63) is 45.6 Å². The molecule has 0 amide bonds. The Kier molecular flexibility index (Phi) is 5.98. The van der Waals surface area contributed by atoms with Gasteiger partial charge in [0, 0.05) is 30.7 Å². The molecule has 0 N–H and O–H groups in total. The van der Waals surface area contributed by atoms with Crippen molar-refractivity contribution in [3.8, 4) is 10.4 Å². The molecule has 138 valence electrons. The molecule has 1 heterocycles. The molecule has 0 bridgehead atoms. The maximum Gasteiger partial charge on any atom is 0.306 e. The van der Waals surface area contributed by atoms with Gasteiger partial charge in [0.15, 0.2) is 0 Å². The van der Waals surface area contributed by atoms with Crippen molar-refractivity contribution >= 4 is 23.0 Å². The van der Waals surface area contributed by atoms with E-state index in [1.165, 1.54) is 12.1 Å². The van der Waals surface area contributed by atoms with E-state index in [0.717, 1.165) is 41.1 Å². The third-order valence-electron chi connectivity index (χ3n) is 4.84. The van der Waals surface area contributed by atoms with Crippen LogP contribution in [-0.4, -0.2) is 22.5 Å². The van der Waals surface area contributed by atoms with Gasteiger partial charge in [0.05, 0.1) is 21.4 Å². The second kappa shape index (κ2) is 8.40. The highest BCUT2D eigenvalue weighted by atomic mass is 32.1. The highest BCUT2D eigenvalue weighted by Crippen LogP contribution is 2.40. The molecule has 1 saturated carbocycles. The number of esters is 1. The number of rotatable bonds is 6. The van der Waals surface area contributed by atoms with Crippen LogP contribution in [0.3, 0.4) is 0 Å². The molecule has 1 fully saturated rings. The summed E-state index contributed by atoms with van der Waals surface area (Å²) in [6, 6.07) is 6.59. The molecule has 0 atom stereocenters. The van der Waals surface area contributed by atoms with Crippen molar-refractivity contribution in [2.45, 2.75) is 44.9 Å². The number of ether oxygens (including phenoxy) is 1. The average Bonchev–Trinajstić information content (AvgIpc) is 3.13. The lowest BCUT2D eigenvalue weighted by Gasteiger charge is -2.26. The van der Waals surface area contributed by atoms with E-state index in [-0.39, 0.29) is 11.7 Å². The Morgan fingerprint density at radius 2 is 1.96 bits per heavy atom. The Morgan fingerprint density at radius 3 is 2.58 bits per heavy atom. The normalized spacial score (nSPS) is 19.9. The minimum atomic E-state index is -0.392. The van der Waals surface area contributed by atoms with Crippen LogP contribution in [0, 0.1) is 16.0 Å². The number of nitro benzene ring substituents is 1. The SMILES string of the molecule is CCOC(=O)CC1CCC(c2ncc(-c3ccc([N+](=O)[O-])cc3)s2)CC1. The van der Waals surface area contributed by atoms with Crippen LogP contribution in [0.15, 0.2) is 30.5 Å². The van der Waals surface area contributed by atoms with Crippen molar-refractivity contribution in [1.82, 2.24) is 4.98 Å². The molecule has 6 nitrogen and oxygen atoms in total. The van der Waals surface area contributed by atoms with Crippen molar-refractivity contribution in [1.29, 1.82) is 0 Å². The van der Waals surface area contributed by atoms with Crippen molar-refractivity contribution < 1.29 is 14.5 Å². The number of thiazole rings is 1. The first-order chi connectivity index (χ1) is 12.6. The Morgan fingerprint density at radius 1 is 1.27 bits per heavy atom. The molecule has 0 radical (unpaired) electrons. The lowest BCUT2D eigenvalue weighted by atomic mass is 9.81. The van der Waals surface area contributed by atoms with Crippen molar-refractivity contribution in [3.63, 3.8) is 0 Å². The summed E-state index contributed by atoms with van der Waals surface area (Å²) in [5.74, 6) is 0.760. The summed E-state index contributed by atoms with van der Waals surface area (Å²) in [4.78, 5) is 27.6. The van der Waals surface area contributed by atoms with E-state index in [4.69, 9.17) is 4.74 Å². The molecule has 0 unspecified atom stereocenters. The zero-order valence-electron chi connectivity index (χ0n) is 14.7. The zero-order valence-corrected chi connectivity index (χ0v) is 15.5. The van der Waals surface area contributed by atoms with E-state index >= 15 is 0 Å². The van der Waals surface area contributed by atoms with Gasteiger partial charge in [-0.3, -0.25) is 14.9 Å². The van der Waals surface area contributed by atoms with E-state index in [1.807, 2.05) is 13.1 Å². The van der Waals surface area contributed by atoms with Gasteiger partial charge >= 0.3 is 5.97 Å². The monoisotopic (exact) mass is 374 g/mol. The molecular weight excluding hydrogens is 352 g/mol. The van der Waals surface area contributed by atoms with Gasteiger partial charge in [0.1, 0.15) is 0 Å². The summed E-state index contributed by atoms with van der Waals surface area (Å²) in [5, 5.41) is 11.9. The van der Waals surface area contributed by atoms with Gasteiger partial charge in [-0.25, -0.2) is 4.98 Å². The van der Waals surface area contributed by atoms with E-state index in [2.05, 4.69) is 4.98 Å². The second-order valence-corrected chi connectivity index (χ2v) is 7.66. The highest BCUT2D eigenvalue weighted by molar-refractivity contribution is 7.15. The second-order valence-electron chi connectivity index (χ2n) is 6.59. The molecule has 3 rings (SSSR count). The number of carbonyl (C=O) groups is 1. The number of hydrogen-bond donors (Lipinski definition) is 0. The van der Waals surface area contributed by atoms with Crippen molar-refractivity contribution in [2.75, 3.05) is 6.61 Å². The third kappa shape index (κ3) is 4.46. The maximum atomic E-state index is 11.6. The number of nitrogens with zero attached hydrogens (tertiary/aromatic N) is 2. The van der Waals surface area contributed by atoms with Gasteiger partial charge < -0.3 is 4.74 Å². The van der Waals surface area contributed by atoms with Crippen LogP contribution < -0.4 is 0 Å². The molecule has 0 aliphatic heterocycles. The van der Waals surface area contributed by atoms with Crippen LogP contribution >= 0.6 is 11.3 Å². The zero-order chi connectivity index (χ0) is 18.5. The maximum absolute atomic E-state index is 11.6. The fourth-order valence-corrected chi connectivity index (χ4v) is 4.52. The summed E-state index contributed by atoms with van der Waals surface area (Å²) >= 11 is 1.66. The number of benzene rings is 1. The van der Waals surface area contributed by atoms with Crippen LogP contribution in [-0.2, 0) is 9.53 Å². The molecule has 1 aromatic heterocycles. The molecule has 0 saturated heterocycles. The first-order valence-electron chi connectivity index (χ1n) is 8.93. The molecular formula is C19H22N2O4S. The number of non-ortho nitro benzene ring substituents is 1. The molecule has 26 heavy (non-hydrogen) atoms. The average molecular weight is 374 g/mol. The third-order valence-corrected chi connectivity index (χ3v) is 6.05. The molecule has 1 aromatic carbocycles. The lowest BCUT2D eigenvalue weighted by Crippen LogP contribution is -2.17. The van der Waals surface area contributed by atoms with Crippen LogP contribution in [0.1, 0.15) is 50.0 Å². The van der Waals surface area contributed by atoms with E-state index in [1.54, 1.807) is 23.5 Å². The summed E-state index contributed by atoms with van der Waals surface area (Å²) in [6.45, 7) is 2.28. The minimum Gasteiger partial charge on any atom is -0.466 e. The van der Waals surface area contributed by atoms with Crippen molar-refractivity contribution in [2.24, 2.45) is 5.92 Å². The Hall–Kier alpha value is -2.28. The predicted octanol–water partition coefficient (Wildman–Crippen LogP) is 4.95. The van der Waals surface area contributed by atoms with Gasteiger partial charge in [-0.1, -0.05) is 0 Å². The summed E-state index contributed by atoms with van der Waals surface area (Å²) in [6.07, 6.45) is 6.50. The van der Waals surface area contributed by atoms with Crippen LogP contribution in [0.5, 0.6) is 0 Å². The lowest BCUT2D eigenvalue weighted by molar-refractivity contribution is -0.384. The van der Waals surface area contributed by atoms with Gasteiger partial charge in [0.2, 0.25) is 0 Å². The predicted molar refractivity (Wildman–Crippen MR) is 100 cm³/mol. The molecule has 7 heteroatoms. The quantitative estimate of drug-likeness (QED) is 0.406. The van der Waals surface area contributed by atoms with Gasteiger partial charge in [-0.15, -0.1) is 11.3 Å². The Bertz CT molecular complexity index is 764. The van der Waals surface area contributed by atoms with E-state index in [9.17, 15) is 14.9 Å². The number of hydrogen-bond acceptors (Lipinski definition) is 6. The van der Waals surface area contributed by atoms with Crippen LogP contribution in [0.4, 0.5) is 5.69 Å². The highest BCUT2D eigenvalue weighted by Gasteiger charge is 2.26. The minimum absolute atomic E-state index is 0.0920. The standard InChI is InChI=1S/C19H22N2O4S/c1-2-25-18(22)11-13-3-5-15(6-4-13)19-20-12-17(26-19)14-7-9-16(10-8-14)21(23)24/h7-10,12-13,15H,2-6,11H2,1H3. The van der Waals surface area contributed by atoms with Gasteiger partial charge in [-0.2, -0.15) is 0 Å².